The van der Waals surface area contributed by atoms with E-state index >= 15 is 0 Å². The first-order valence-electron chi connectivity index (χ1n) is 4.54. The Kier molecular flexibility index (Phi) is 2.73. The van der Waals surface area contributed by atoms with Gasteiger partial charge >= 0.3 is 0 Å². The Morgan fingerprint density at radius 3 is 2.93 bits per heavy atom. The Balaban J connectivity index is 2.14. The zero-order valence-electron chi connectivity index (χ0n) is 7.98. The van der Waals surface area contributed by atoms with E-state index in [2.05, 4.69) is 10.1 Å². The first-order chi connectivity index (χ1) is 7.28. The molecule has 1 aromatic heterocycles. The summed E-state index contributed by atoms with van der Waals surface area (Å²) < 4.78 is 17.7. The SMILES string of the molecule is NCc1nc(Cc2cccc(F)c2)no1. The summed E-state index contributed by atoms with van der Waals surface area (Å²) >= 11 is 0. The highest BCUT2D eigenvalue weighted by atomic mass is 19.1. The van der Waals surface area contributed by atoms with Crippen LogP contribution in [0.3, 0.4) is 0 Å². The van der Waals surface area contributed by atoms with Crippen molar-refractivity contribution >= 4 is 0 Å². The number of nitrogens with two attached hydrogens (primary N) is 1. The van der Waals surface area contributed by atoms with E-state index in [0.717, 1.165) is 5.56 Å². The third-order valence-corrected chi connectivity index (χ3v) is 1.94. The molecule has 0 aliphatic rings. The molecule has 2 N–H and O–H groups in total. The first-order valence-corrected chi connectivity index (χ1v) is 4.54. The van der Waals surface area contributed by atoms with Crippen molar-refractivity contribution in [2.75, 3.05) is 0 Å². The quantitative estimate of drug-likeness (QED) is 0.822. The second kappa shape index (κ2) is 4.18. The molecule has 0 bridgehead atoms. The number of hydrogen-bond donors (Lipinski definition) is 1. The second-order valence-corrected chi connectivity index (χ2v) is 3.12. The maximum Gasteiger partial charge on any atom is 0.240 e. The lowest BCUT2D eigenvalue weighted by Crippen LogP contribution is -1.97. The summed E-state index contributed by atoms with van der Waals surface area (Å²) in [6, 6.07) is 6.29. The molecule has 4 nitrogen and oxygen atoms in total. The average molecular weight is 207 g/mol. The van der Waals surface area contributed by atoms with Gasteiger partial charge in [-0.2, -0.15) is 4.98 Å². The Morgan fingerprint density at radius 2 is 2.27 bits per heavy atom. The highest BCUT2D eigenvalue weighted by Gasteiger charge is 2.05. The lowest BCUT2D eigenvalue weighted by Gasteiger charge is -1.95. The topological polar surface area (TPSA) is 64.9 Å². The van der Waals surface area contributed by atoms with Gasteiger partial charge in [0.2, 0.25) is 5.89 Å². The van der Waals surface area contributed by atoms with Crippen LogP contribution in [0.2, 0.25) is 0 Å². The third kappa shape index (κ3) is 2.38. The maximum absolute atomic E-state index is 12.9. The van der Waals surface area contributed by atoms with E-state index in [1.54, 1.807) is 6.07 Å². The van der Waals surface area contributed by atoms with Gasteiger partial charge in [-0.1, -0.05) is 17.3 Å². The van der Waals surface area contributed by atoms with Crippen LogP contribution in [0.4, 0.5) is 4.39 Å². The van der Waals surface area contributed by atoms with E-state index in [1.165, 1.54) is 12.1 Å². The molecule has 0 fully saturated rings. The van der Waals surface area contributed by atoms with E-state index in [-0.39, 0.29) is 12.4 Å². The van der Waals surface area contributed by atoms with Crippen LogP contribution in [-0.4, -0.2) is 10.1 Å². The van der Waals surface area contributed by atoms with Crippen molar-refractivity contribution in [1.82, 2.24) is 10.1 Å². The Bertz CT molecular complexity index is 455. The van der Waals surface area contributed by atoms with Gasteiger partial charge in [0.05, 0.1) is 6.54 Å². The molecule has 0 atom stereocenters. The minimum Gasteiger partial charge on any atom is -0.338 e. The summed E-state index contributed by atoms with van der Waals surface area (Å²) in [4.78, 5) is 4.03. The fourth-order valence-electron chi connectivity index (χ4n) is 1.27. The van der Waals surface area contributed by atoms with Crippen LogP contribution < -0.4 is 5.73 Å². The van der Waals surface area contributed by atoms with Crippen molar-refractivity contribution in [2.45, 2.75) is 13.0 Å². The molecular weight excluding hydrogens is 197 g/mol. The van der Waals surface area contributed by atoms with Gasteiger partial charge in [-0.25, -0.2) is 4.39 Å². The minimum absolute atomic E-state index is 0.218. The van der Waals surface area contributed by atoms with Crippen molar-refractivity contribution in [3.63, 3.8) is 0 Å². The van der Waals surface area contributed by atoms with E-state index in [4.69, 9.17) is 10.3 Å². The maximum atomic E-state index is 12.9. The lowest BCUT2D eigenvalue weighted by atomic mass is 10.1. The summed E-state index contributed by atoms with van der Waals surface area (Å²) in [5.74, 6) is 0.637. The predicted molar refractivity (Wildman–Crippen MR) is 51.4 cm³/mol. The molecule has 0 spiro atoms. The summed E-state index contributed by atoms with van der Waals surface area (Å²) in [6.07, 6.45) is 0.446. The molecular formula is C10H10FN3O. The molecule has 0 amide bonds. The van der Waals surface area contributed by atoms with Gasteiger partial charge in [0.25, 0.3) is 0 Å². The number of halogens is 1. The summed E-state index contributed by atoms with van der Waals surface area (Å²) in [7, 11) is 0. The highest BCUT2D eigenvalue weighted by molar-refractivity contribution is 5.19. The summed E-state index contributed by atoms with van der Waals surface area (Å²) in [5.41, 5.74) is 6.13. The molecule has 0 aliphatic carbocycles. The average Bonchev–Trinajstić information content (AvgIpc) is 2.65. The monoisotopic (exact) mass is 207 g/mol. The van der Waals surface area contributed by atoms with Gasteiger partial charge in [-0.15, -0.1) is 0 Å². The standard InChI is InChI=1S/C10H10FN3O/c11-8-3-1-2-7(4-8)5-9-13-10(6-12)15-14-9/h1-4H,5-6,12H2. The molecule has 1 heterocycles. The molecule has 0 saturated carbocycles. The fraction of sp³-hybridized carbons (Fsp3) is 0.200. The predicted octanol–water partition coefficient (Wildman–Crippen LogP) is 1.26. The zero-order chi connectivity index (χ0) is 10.7. The molecule has 0 saturated heterocycles. The zero-order valence-corrected chi connectivity index (χ0v) is 7.98. The van der Waals surface area contributed by atoms with Crippen molar-refractivity contribution in [1.29, 1.82) is 0 Å². The van der Waals surface area contributed by atoms with Crippen molar-refractivity contribution < 1.29 is 8.91 Å². The molecule has 78 valence electrons. The number of aromatic nitrogens is 2. The lowest BCUT2D eigenvalue weighted by molar-refractivity contribution is 0.375. The number of benzene rings is 1. The largest absolute Gasteiger partial charge is 0.338 e. The summed E-state index contributed by atoms with van der Waals surface area (Å²) in [6.45, 7) is 0.218. The molecule has 0 aliphatic heterocycles. The van der Waals surface area contributed by atoms with Gasteiger partial charge in [0.1, 0.15) is 5.82 Å². The van der Waals surface area contributed by atoms with Crippen LogP contribution in [0, 0.1) is 5.82 Å². The first kappa shape index (κ1) is 9.79. The van der Waals surface area contributed by atoms with Crippen LogP contribution in [0.5, 0.6) is 0 Å². The minimum atomic E-state index is -0.268. The van der Waals surface area contributed by atoms with Gasteiger partial charge in [0, 0.05) is 6.42 Å². The number of nitrogens with zero attached hydrogens (tertiary/aromatic N) is 2. The second-order valence-electron chi connectivity index (χ2n) is 3.12. The van der Waals surface area contributed by atoms with Crippen LogP contribution in [0.15, 0.2) is 28.8 Å². The molecule has 2 aromatic rings. The molecule has 15 heavy (non-hydrogen) atoms. The fourth-order valence-corrected chi connectivity index (χ4v) is 1.27. The smallest absolute Gasteiger partial charge is 0.240 e. The Labute approximate surface area is 85.9 Å². The van der Waals surface area contributed by atoms with Gasteiger partial charge < -0.3 is 10.3 Å². The van der Waals surface area contributed by atoms with Crippen molar-refractivity contribution in [2.24, 2.45) is 5.73 Å². The Morgan fingerprint density at radius 1 is 1.40 bits per heavy atom. The summed E-state index contributed by atoms with van der Waals surface area (Å²) in [5, 5.41) is 3.72. The van der Waals surface area contributed by atoms with E-state index in [1.807, 2.05) is 6.07 Å². The highest BCUT2D eigenvalue weighted by Crippen LogP contribution is 2.08. The third-order valence-electron chi connectivity index (χ3n) is 1.94. The van der Waals surface area contributed by atoms with Crippen molar-refractivity contribution in [3.05, 3.63) is 47.4 Å². The van der Waals surface area contributed by atoms with Gasteiger partial charge in [-0.05, 0) is 17.7 Å². The molecule has 1 aromatic carbocycles. The number of rotatable bonds is 3. The van der Waals surface area contributed by atoms with Gasteiger partial charge in [-0.3, -0.25) is 0 Å². The molecule has 5 heteroatoms. The molecule has 2 rings (SSSR count). The van der Waals surface area contributed by atoms with E-state index in [9.17, 15) is 4.39 Å². The van der Waals surface area contributed by atoms with Crippen LogP contribution in [0.25, 0.3) is 0 Å². The van der Waals surface area contributed by atoms with E-state index in [0.29, 0.717) is 18.1 Å². The van der Waals surface area contributed by atoms with Crippen molar-refractivity contribution in [3.8, 4) is 0 Å². The van der Waals surface area contributed by atoms with E-state index < -0.39 is 0 Å². The van der Waals surface area contributed by atoms with Crippen LogP contribution in [-0.2, 0) is 13.0 Å². The Hall–Kier alpha value is -1.75. The normalized spacial score (nSPS) is 10.5. The molecule has 0 radical (unpaired) electrons. The van der Waals surface area contributed by atoms with Gasteiger partial charge in [0.15, 0.2) is 5.82 Å². The number of hydrogen-bond acceptors (Lipinski definition) is 4. The van der Waals surface area contributed by atoms with Crippen LogP contribution >= 0.6 is 0 Å². The molecule has 0 unspecified atom stereocenters. The van der Waals surface area contributed by atoms with Crippen LogP contribution in [0.1, 0.15) is 17.3 Å².